The Morgan fingerprint density at radius 3 is 2.33 bits per heavy atom. The van der Waals surface area contributed by atoms with Gasteiger partial charge in [0, 0.05) is 29.4 Å². The molecular weight excluding hydrogens is 500 g/mol. The SMILES string of the molecule is O=C1CS(=O)(=O)C2(C(=O)N(Cc3ccc(O)cc3)c3ccc([N+](=O)[O-])cc32)N1c1ccc(F)c(F)c1. The molecule has 0 radical (unpaired) electrons. The van der Waals surface area contributed by atoms with Gasteiger partial charge in [0.15, 0.2) is 21.5 Å². The monoisotopic (exact) mass is 515 g/mol. The number of nitro benzene ring substituents is 1. The van der Waals surface area contributed by atoms with E-state index in [2.05, 4.69) is 0 Å². The third-order valence-corrected chi connectivity index (χ3v) is 8.25. The molecule has 2 amide bonds. The summed E-state index contributed by atoms with van der Waals surface area (Å²) in [5.41, 5.74) is -0.825. The number of rotatable bonds is 4. The van der Waals surface area contributed by atoms with Gasteiger partial charge in [0.1, 0.15) is 11.5 Å². The predicted molar refractivity (Wildman–Crippen MR) is 122 cm³/mol. The second kappa shape index (κ2) is 7.81. The van der Waals surface area contributed by atoms with Crippen LogP contribution in [0.15, 0.2) is 60.7 Å². The zero-order valence-electron chi connectivity index (χ0n) is 18.1. The first-order chi connectivity index (χ1) is 17.0. The minimum Gasteiger partial charge on any atom is -0.508 e. The Bertz CT molecular complexity index is 1580. The van der Waals surface area contributed by atoms with Gasteiger partial charge >= 0.3 is 0 Å². The van der Waals surface area contributed by atoms with Crippen LogP contribution in [0.2, 0.25) is 0 Å². The molecule has 1 spiro atoms. The minimum absolute atomic E-state index is 0.00969. The van der Waals surface area contributed by atoms with Crippen LogP contribution in [0, 0.1) is 21.7 Å². The zero-order valence-corrected chi connectivity index (χ0v) is 18.9. The van der Waals surface area contributed by atoms with Crippen LogP contribution in [0.5, 0.6) is 5.75 Å². The lowest BCUT2D eigenvalue weighted by atomic mass is 10.0. The van der Waals surface area contributed by atoms with Crippen LogP contribution in [0.25, 0.3) is 0 Å². The highest BCUT2D eigenvalue weighted by Crippen LogP contribution is 2.53. The van der Waals surface area contributed by atoms with E-state index in [1.165, 1.54) is 30.3 Å². The number of benzene rings is 3. The van der Waals surface area contributed by atoms with Gasteiger partial charge in [-0.15, -0.1) is 0 Å². The Hall–Kier alpha value is -4.39. The van der Waals surface area contributed by atoms with E-state index in [1.54, 1.807) is 0 Å². The highest BCUT2D eigenvalue weighted by atomic mass is 32.2. The largest absolute Gasteiger partial charge is 0.508 e. The second-order valence-electron chi connectivity index (χ2n) is 8.25. The normalized spacial score (nSPS) is 20.3. The number of non-ortho nitro benzene ring substituents is 1. The number of phenolic OH excluding ortho intramolecular Hbond substituents is 1. The van der Waals surface area contributed by atoms with E-state index in [0.29, 0.717) is 22.6 Å². The summed E-state index contributed by atoms with van der Waals surface area (Å²) in [4.78, 5) is 36.6. The molecule has 1 unspecified atom stereocenters. The molecule has 1 saturated heterocycles. The molecule has 0 bridgehead atoms. The summed E-state index contributed by atoms with van der Waals surface area (Å²) in [6.45, 7) is -0.207. The number of hydrogen-bond acceptors (Lipinski definition) is 7. The second-order valence-corrected chi connectivity index (χ2v) is 10.4. The number of fused-ring (bicyclic) bond motifs is 2. The fourth-order valence-corrected chi connectivity index (χ4v) is 6.63. The number of phenols is 1. The Balaban J connectivity index is 1.79. The van der Waals surface area contributed by atoms with Crippen LogP contribution in [0.3, 0.4) is 0 Å². The lowest BCUT2D eigenvalue weighted by Gasteiger charge is -2.32. The van der Waals surface area contributed by atoms with Gasteiger partial charge < -0.3 is 10.0 Å². The predicted octanol–water partition coefficient (Wildman–Crippen LogP) is 2.74. The molecule has 0 aliphatic carbocycles. The number of carbonyl (C=O) groups excluding carboxylic acids is 2. The van der Waals surface area contributed by atoms with Gasteiger partial charge in [-0.1, -0.05) is 12.1 Å². The first-order valence-corrected chi connectivity index (χ1v) is 12.0. The smallest absolute Gasteiger partial charge is 0.274 e. The van der Waals surface area contributed by atoms with Crippen molar-refractivity contribution in [2.24, 2.45) is 0 Å². The summed E-state index contributed by atoms with van der Waals surface area (Å²) in [7, 11) is -4.69. The topological polar surface area (TPSA) is 138 Å². The van der Waals surface area contributed by atoms with Crippen LogP contribution < -0.4 is 9.80 Å². The van der Waals surface area contributed by atoms with E-state index < -0.39 is 60.2 Å². The molecule has 3 aromatic carbocycles. The summed E-state index contributed by atoms with van der Waals surface area (Å²) in [5, 5.41) is 21.1. The number of carbonyl (C=O) groups is 2. The number of halogens is 2. The summed E-state index contributed by atoms with van der Waals surface area (Å²) in [5.74, 6) is -6.02. The number of amides is 2. The highest BCUT2D eigenvalue weighted by molar-refractivity contribution is 7.94. The number of hydrogen-bond donors (Lipinski definition) is 1. The van der Waals surface area contributed by atoms with Crippen LogP contribution >= 0.6 is 0 Å². The number of nitro groups is 1. The Morgan fingerprint density at radius 2 is 1.69 bits per heavy atom. The minimum atomic E-state index is -4.69. The lowest BCUT2D eigenvalue weighted by Crippen LogP contribution is -2.54. The standard InChI is InChI=1S/C23H15F2N3O7S/c24-18-7-3-14(10-19(18)25)27-21(30)12-36(34,35)23(27)17-9-15(28(32)33)4-8-20(17)26(22(23)31)11-13-1-5-16(29)6-2-13/h1-10,29H,11-12H2. The van der Waals surface area contributed by atoms with E-state index in [9.17, 15) is 42.0 Å². The van der Waals surface area contributed by atoms with Crippen molar-refractivity contribution in [3.8, 4) is 5.75 Å². The average molecular weight is 515 g/mol. The quantitative estimate of drug-likeness (QED) is 0.417. The van der Waals surface area contributed by atoms with Crippen molar-refractivity contribution < 1.29 is 36.8 Å². The first-order valence-electron chi connectivity index (χ1n) is 10.4. The van der Waals surface area contributed by atoms with Crippen molar-refractivity contribution in [1.29, 1.82) is 0 Å². The van der Waals surface area contributed by atoms with Crippen molar-refractivity contribution in [1.82, 2.24) is 0 Å². The van der Waals surface area contributed by atoms with E-state index in [4.69, 9.17) is 0 Å². The molecular formula is C23H15F2N3O7S. The molecule has 3 aromatic rings. The van der Waals surface area contributed by atoms with Gasteiger partial charge in [-0.25, -0.2) is 17.2 Å². The number of sulfone groups is 1. The molecule has 0 aromatic heterocycles. The molecule has 0 saturated carbocycles. The molecule has 13 heteroatoms. The Morgan fingerprint density at radius 1 is 1.00 bits per heavy atom. The molecule has 1 fully saturated rings. The van der Waals surface area contributed by atoms with Gasteiger partial charge in [0.05, 0.1) is 17.2 Å². The molecule has 36 heavy (non-hydrogen) atoms. The summed E-state index contributed by atoms with van der Waals surface area (Å²) >= 11 is 0. The van der Waals surface area contributed by atoms with E-state index in [-0.39, 0.29) is 23.5 Å². The van der Waals surface area contributed by atoms with E-state index in [1.807, 2.05) is 0 Å². The first kappa shape index (κ1) is 23.4. The van der Waals surface area contributed by atoms with Gasteiger partial charge in [-0.2, -0.15) is 0 Å². The molecule has 1 atom stereocenters. The Kier molecular flexibility index (Phi) is 5.07. The summed E-state index contributed by atoms with van der Waals surface area (Å²) in [6, 6.07) is 11.1. The van der Waals surface area contributed by atoms with Gasteiger partial charge in [0.25, 0.3) is 16.5 Å². The van der Waals surface area contributed by atoms with Crippen molar-refractivity contribution in [2.45, 2.75) is 11.4 Å². The fraction of sp³-hybridized carbons (Fsp3) is 0.130. The molecule has 1 N–H and O–H groups in total. The van der Waals surface area contributed by atoms with Crippen molar-refractivity contribution in [2.75, 3.05) is 15.6 Å². The molecule has 2 heterocycles. The zero-order chi connectivity index (χ0) is 26.0. The van der Waals surface area contributed by atoms with Gasteiger partial charge in [-0.05, 0) is 35.9 Å². The third kappa shape index (κ3) is 3.16. The maximum Gasteiger partial charge on any atom is 0.274 e. The van der Waals surface area contributed by atoms with Crippen molar-refractivity contribution in [3.63, 3.8) is 0 Å². The lowest BCUT2D eigenvalue weighted by molar-refractivity contribution is -0.384. The van der Waals surface area contributed by atoms with Gasteiger partial charge in [-0.3, -0.25) is 24.6 Å². The van der Waals surface area contributed by atoms with Crippen LogP contribution in [0.1, 0.15) is 11.1 Å². The maximum atomic E-state index is 14.1. The molecule has 2 aliphatic heterocycles. The maximum absolute atomic E-state index is 14.1. The number of aromatic hydroxyl groups is 1. The van der Waals surface area contributed by atoms with Crippen LogP contribution in [-0.4, -0.2) is 36.0 Å². The molecule has 2 aliphatic rings. The molecule has 5 rings (SSSR count). The third-order valence-electron chi connectivity index (χ3n) is 6.15. The van der Waals surface area contributed by atoms with Crippen molar-refractivity contribution >= 4 is 38.7 Å². The summed E-state index contributed by atoms with van der Waals surface area (Å²) in [6.07, 6.45) is 0. The molecule has 10 nitrogen and oxygen atoms in total. The van der Waals surface area contributed by atoms with E-state index in [0.717, 1.165) is 23.1 Å². The average Bonchev–Trinajstić information content (AvgIpc) is 3.19. The molecule has 184 valence electrons. The van der Waals surface area contributed by atoms with Gasteiger partial charge in [0.2, 0.25) is 5.91 Å². The summed E-state index contributed by atoms with van der Waals surface area (Å²) < 4.78 is 54.8. The van der Waals surface area contributed by atoms with Crippen LogP contribution in [-0.2, 0) is 30.8 Å². The Labute approximate surface area is 202 Å². The number of nitrogens with zero attached hydrogens (tertiary/aromatic N) is 3. The van der Waals surface area contributed by atoms with E-state index >= 15 is 0 Å². The highest BCUT2D eigenvalue weighted by Gasteiger charge is 2.70. The number of anilines is 2. The fourth-order valence-electron chi connectivity index (χ4n) is 4.61. The van der Waals surface area contributed by atoms with Crippen LogP contribution in [0.4, 0.5) is 25.8 Å². The van der Waals surface area contributed by atoms with Crippen molar-refractivity contribution in [3.05, 3.63) is 93.5 Å².